The van der Waals surface area contributed by atoms with Crippen LogP contribution in [0, 0.1) is 0 Å². The number of hydrogen-bond donors (Lipinski definition) is 1. The normalized spacial score (nSPS) is 25.2. The van der Waals surface area contributed by atoms with Gasteiger partial charge in [0.2, 0.25) is 0 Å². The van der Waals surface area contributed by atoms with Gasteiger partial charge in [-0.1, -0.05) is 36.4 Å². The van der Waals surface area contributed by atoms with Crippen molar-refractivity contribution in [2.24, 2.45) is 0 Å². The summed E-state index contributed by atoms with van der Waals surface area (Å²) in [5, 5.41) is 3.46. The molecular weight excluding hydrogens is 210 g/mol. The topological polar surface area (TPSA) is 21.3 Å². The van der Waals surface area contributed by atoms with E-state index in [0.717, 1.165) is 32.4 Å². The predicted octanol–water partition coefficient (Wildman–Crippen LogP) is 2.90. The van der Waals surface area contributed by atoms with Gasteiger partial charge in [0.25, 0.3) is 0 Å². The average Bonchev–Trinajstić information content (AvgIpc) is 2.62. The molecule has 1 aromatic carbocycles. The zero-order valence-corrected chi connectivity index (χ0v) is 10.3. The molecule has 0 bridgehead atoms. The van der Waals surface area contributed by atoms with Crippen molar-refractivity contribution in [2.45, 2.75) is 38.0 Å². The third-order valence-corrected chi connectivity index (χ3v) is 3.29. The van der Waals surface area contributed by atoms with E-state index in [2.05, 4.69) is 36.2 Å². The molecule has 2 unspecified atom stereocenters. The van der Waals surface area contributed by atoms with Gasteiger partial charge in [0, 0.05) is 6.04 Å². The molecule has 0 saturated carbocycles. The number of rotatable bonds is 4. The van der Waals surface area contributed by atoms with E-state index in [1.54, 1.807) is 0 Å². The fraction of sp³-hybridized carbons (Fsp3) is 0.467. The van der Waals surface area contributed by atoms with Gasteiger partial charge in [-0.3, -0.25) is 0 Å². The fourth-order valence-electron chi connectivity index (χ4n) is 2.20. The van der Waals surface area contributed by atoms with Gasteiger partial charge >= 0.3 is 0 Å². The van der Waals surface area contributed by atoms with E-state index >= 15 is 0 Å². The first kappa shape index (κ1) is 12.3. The maximum absolute atomic E-state index is 5.97. The molecule has 2 atom stereocenters. The summed E-state index contributed by atoms with van der Waals surface area (Å²) in [6.45, 7) is 5.59. The lowest BCUT2D eigenvalue weighted by Gasteiger charge is -2.15. The van der Waals surface area contributed by atoms with Crippen molar-refractivity contribution in [3.8, 4) is 0 Å². The summed E-state index contributed by atoms with van der Waals surface area (Å²) in [5.74, 6) is 0. The molecular formula is C15H21NO. The lowest BCUT2D eigenvalue weighted by molar-refractivity contribution is 0.0328. The first-order chi connectivity index (χ1) is 8.38. The van der Waals surface area contributed by atoms with Gasteiger partial charge in [-0.15, -0.1) is 6.58 Å². The minimum Gasteiger partial charge on any atom is -0.373 e. The van der Waals surface area contributed by atoms with Crippen molar-refractivity contribution in [2.75, 3.05) is 6.54 Å². The Hall–Kier alpha value is -1.12. The van der Waals surface area contributed by atoms with Gasteiger partial charge < -0.3 is 10.1 Å². The summed E-state index contributed by atoms with van der Waals surface area (Å²) in [7, 11) is 0. The number of nitrogens with one attached hydrogen (secondary N) is 1. The third kappa shape index (κ3) is 3.99. The molecule has 17 heavy (non-hydrogen) atoms. The molecule has 0 radical (unpaired) electrons. The van der Waals surface area contributed by atoms with Gasteiger partial charge in [0.05, 0.1) is 12.7 Å². The Morgan fingerprint density at radius 3 is 2.82 bits per heavy atom. The number of ether oxygens (including phenoxy) is 1. The van der Waals surface area contributed by atoms with Gasteiger partial charge in [-0.2, -0.15) is 0 Å². The summed E-state index contributed by atoms with van der Waals surface area (Å²) in [6, 6.07) is 10.8. The highest BCUT2D eigenvalue weighted by molar-refractivity contribution is 5.13. The first-order valence-corrected chi connectivity index (χ1v) is 6.40. The molecule has 0 spiro atoms. The molecule has 1 saturated heterocycles. The summed E-state index contributed by atoms with van der Waals surface area (Å²) in [6.07, 6.45) is 5.73. The summed E-state index contributed by atoms with van der Waals surface area (Å²) >= 11 is 0. The third-order valence-electron chi connectivity index (χ3n) is 3.29. The van der Waals surface area contributed by atoms with Crippen molar-refractivity contribution in [3.05, 3.63) is 48.6 Å². The van der Waals surface area contributed by atoms with Crippen LogP contribution in [0.5, 0.6) is 0 Å². The maximum Gasteiger partial charge on any atom is 0.0720 e. The van der Waals surface area contributed by atoms with Gasteiger partial charge in [0.15, 0.2) is 0 Å². The Balaban J connectivity index is 1.78. The van der Waals surface area contributed by atoms with E-state index < -0.39 is 0 Å². The van der Waals surface area contributed by atoms with Crippen molar-refractivity contribution in [3.63, 3.8) is 0 Å². The van der Waals surface area contributed by atoms with Gasteiger partial charge in [0.1, 0.15) is 0 Å². The fourth-order valence-corrected chi connectivity index (χ4v) is 2.20. The molecule has 2 rings (SSSR count). The van der Waals surface area contributed by atoms with E-state index in [9.17, 15) is 0 Å². The number of hydrogen-bond acceptors (Lipinski definition) is 2. The molecule has 92 valence electrons. The highest BCUT2D eigenvalue weighted by atomic mass is 16.5. The Kier molecular flexibility index (Phi) is 4.77. The minimum atomic E-state index is 0.382. The van der Waals surface area contributed by atoms with E-state index in [0.29, 0.717) is 12.1 Å². The van der Waals surface area contributed by atoms with Crippen LogP contribution in [-0.2, 0) is 11.3 Å². The molecule has 0 amide bonds. The molecule has 2 heteroatoms. The van der Waals surface area contributed by atoms with E-state index in [-0.39, 0.29) is 0 Å². The van der Waals surface area contributed by atoms with Crippen LogP contribution in [0.3, 0.4) is 0 Å². The SMILES string of the molecule is C=CC1CCC(OCc2ccccc2)CCN1. The second-order valence-corrected chi connectivity index (χ2v) is 4.58. The molecule has 0 aromatic heterocycles. The zero-order valence-electron chi connectivity index (χ0n) is 10.3. The molecule has 1 fully saturated rings. The smallest absolute Gasteiger partial charge is 0.0720 e. The molecule has 1 aromatic rings. The first-order valence-electron chi connectivity index (χ1n) is 6.40. The Bertz CT molecular complexity index is 336. The van der Waals surface area contributed by atoms with Crippen LogP contribution in [0.2, 0.25) is 0 Å². The Labute approximate surface area is 104 Å². The molecule has 2 nitrogen and oxygen atoms in total. The van der Waals surface area contributed by atoms with E-state index in [1.807, 2.05) is 12.1 Å². The van der Waals surface area contributed by atoms with Crippen LogP contribution in [0.15, 0.2) is 43.0 Å². The monoisotopic (exact) mass is 231 g/mol. The van der Waals surface area contributed by atoms with E-state index in [4.69, 9.17) is 4.74 Å². The van der Waals surface area contributed by atoms with Crippen molar-refractivity contribution < 1.29 is 4.74 Å². The minimum absolute atomic E-state index is 0.382. The van der Waals surface area contributed by atoms with Crippen molar-refractivity contribution >= 4 is 0 Å². The largest absolute Gasteiger partial charge is 0.373 e. The van der Waals surface area contributed by atoms with Crippen LogP contribution in [0.4, 0.5) is 0 Å². The highest BCUT2D eigenvalue weighted by Gasteiger charge is 2.16. The van der Waals surface area contributed by atoms with Gasteiger partial charge in [-0.05, 0) is 31.4 Å². The summed E-state index contributed by atoms with van der Waals surface area (Å²) < 4.78 is 5.97. The average molecular weight is 231 g/mol. The van der Waals surface area contributed by atoms with Gasteiger partial charge in [-0.25, -0.2) is 0 Å². The van der Waals surface area contributed by atoms with E-state index in [1.165, 1.54) is 5.56 Å². The van der Waals surface area contributed by atoms with Crippen LogP contribution >= 0.6 is 0 Å². The lowest BCUT2D eigenvalue weighted by Crippen LogP contribution is -2.25. The molecule has 1 N–H and O–H groups in total. The van der Waals surface area contributed by atoms with Crippen LogP contribution in [0.1, 0.15) is 24.8 Å². The molecule has 0 aliphatic carbocycles. The molecule has 1 heterocycles. The quantitative estimate of drug-likeness (QED) is 0.804. The van der Waals surface area contributed by atoms with Crippen molar-refractivity contribution in [1.29, 1.82) is 0 Å². The van der Waals surface area contributed by atoms with Crippen LogP contribution < -0.4 is 5.32 Å². The molecule has 1 aliphatic heterocycles. The second-order valence-electron chi connectivity index (χ2n) is 4.58. The summed E-state index contributed by atoms with van der Waals surface area (Å²) in [4.78, 5) is 0. The van der Waals surface area contributed by atoms with Crippen molar-refractivity contribution in [1.82, 2.24) is 5.32 Å². The maximum atomic E-state index is 5.97. The van der Waals surface area contributed by atoms with Crippen LogP contribution in [-0.4, -0.2) is 18.7 Å². The second kappa shape index (κ2) is 6.58. The lowest BCUT2D eigenvalue weighted by atomic mass is 10.1. The summed E-state index contributed by atoms with van der Waals surface area (Å²) in [5.41, 5.74) is 1.25. The number of benzene rings is 1. The predicted molar refractivity (Wildman–Crippen MR) is 70.9 cm³/mol. The standard InChI is InChI=1S/C15H21NO/c1-2-14-8-9-15(10-11-16-14)17-12-13-6-4-3-5-7-13/h2-7,14-16H,1,8-12H2. The Morgan fingerprint density at radius 1 is 1.24 bits per heavy atom. The zero-order chi connectivity index (χ0) is 11.9. The Morgan fingerprint density at radius 2 is 2.06 bits per heavy atom. The van der Waals surface area contributed by atoms with Crippen LogP contribution in [0.25, 0.3) is 0 Å². The molecule has 1 aliphatic rings. The highest BCUT2D eigenvalue weighted by Crippen LogP contribution is 2.15.